The summed E-state index contributed by atoms with van der Waals surface area (Å²) in [5, 5.41) is 0.672. The van der Waals surface area contributed by atoms with Crippen LogP contribution in [0.4, 0.5) is 0 Å². The summed E-state index contributed by atoms with van der Waals surface area (Å²) in [6.07, 6.45) is 0. The van der Waals surface area contributed by atoms with Gasteiger partial charge in [-0.2, -0.15) is 0 Å². The number of fused-ring (bicyclic) bond motifs is 1. The van der Waals surface area contributed by atoms with Gasteiger partial charge in [0.25, 0.3) is 5.91 Å². The van der Waals surface area contributed by atoms with E-state index in [1.165, 1.54) is 0 Å². The molecular formula is C26H23NO4. The van der Waals surface area contributed by atoms with E-state index in [1.807, 2.05) is 67.6 Å². The largest absolute Gasteiger partial charge is 0.494 e. The summed E-state index contributed by atoms with van der Waals surface area (Å²) in [5.74, 6) is 0.254. The van der Waals surface area contributed by atoms with Gasteiger partial charge in [-0.25, -0.2) is 4.79 Å². The van der Waals surface area contributed by atoms with E-state index >= 15 is 0 Å². The minimum Gasteiger partial charge on any atom is -0.494 e. The van der Waals surface area contributed by atoms with Crippen molar-refractivity contribution < 1.29 is 13.9 Å². The summed E-state index contributed by atoms with van der Waals surface area (Å²) in [4.78, 5) is 27.8. The van der Waals surface area contributed by atoms with Crippen LogP contribution in [0.25, 0.3) is 11.0 Å². The monoisotopic (exact) mass is 413 g/mol. The maximum absolute atomic E-state index is 13.4. The third-order valence-electron chi connectivity index (χ3n) is 4.97. The molecule has 0 bridgehead atoms. The first-order chi connectivity index (χ1) is 15.1. The molecule has 0 aliphatic carbocycles. The molecule has 0 aliphatic heterocycles. The Bertz CT molecular complexity index is 1190. The Morgan fingerprint density at radius 3 is 2.06 bits per heavy atom. The first-order valence-electron chi connectivity index (χ1n) is 10.2. The van der Waals surface area contributed by atoms with Gasteiger partial charge in [0.2, 0.25) is 0 Å². The summed E-state index contributed by atoms with van der Waals surface area (Å²) in [6, 6.07) is 26.3. The molecule has 1 amide bonds. The maximum Gasteiger partial charge on any atom is 0.349 e. The molecule has 3 aromatic carbocycles. The molecule has 5 heteroatoms. The average Bonchev–Trinajstić information content (AvgIpc) is 2.79. The Morgan fingerprint density at radius 2 is 1.48 bits per heavy atom. The number of benzene rings is 3. The molecule has 0 spiro atoms. The van der Waals surface area contributed by atoms with E-state index in [9.17, 15) is 9.59 Å². The van der Waals surface area contributed by atoms with Crippen molar-refractivity contribution in [1.82, 2.24) is 4.90 Å². The Kier molecular flexibility index (Phi) is 6.13. The highest BCUT2D eigenvalue weighted by molar-refractivity contribution is 5.96. The summed E-state index contributed by atoms with van der Waals surface area (Å²) in [6.45, 7) is 3.17. The molecule has 31 heavy (non-hydrogen) atoms. The average molecular weight is 413 g/mol. The fraction of sp³-hybridized carbons (Fsp3) is 0.154. The lowest BCUT2D eigenvalue weighted by Crippen LogP contribution is -2.33. The first kappa shape index (κ1) is 20.4. The number of rotatable bonds is 7. The number of ether oxygens (including phenoxy) is 1. The lowest BCUT2D eigenvalue weighted by molar-refractivity contribution is 0.0726. The second kappa shape index (κ2) is 9.30. The van der Waals surface area contributed by atoms with Crippen LogP contribution in [0.15, 0.2) is 94.1 Å². The van der Waals surface area contributed by atoms with E-state index in [0.29, 0.717) is 36.4 Å². The van der Waals surface area contributed by atoms with Gasteiger partial charge in [0.15, 0.2) is 0 Å². The van der Waals surface area contributed by atoms with Crippen LogP contribution in [0, 0.1) is 0 Å². The molecule has 0 saturated heterocycles. The van der Waals surface area contributed by atoms with Crippen molar-refractivity contribution >= 4 is 16.9 Å². The fourth-order valence-electron chi connectivity index (χ4n) is 3.47. The molecule has 0 aliphatic rings. The van der Waals surface area contributed by atoms with Gasteiger partial charge in [0, 0.05) is 24.5 Å². The highest BCUT2D eigenvalue weighted by atomic mass is 16.5. The molecule has 5 nitrogen and oxygen atoms in total. The van der Waals surface area contributed by atoms with Gasteiger partial charge in [0.1, 0.15) is 16.9 Å². The number of nitrogens with zero attached hydrogens (tertiary/aromatic N) is 1. The van der Waals surface area contributed by atoms with Crippen LogP contribution in [0.1, 0.15) is 28.4 Å². The van der Waals surface area contributed by atoms with Crippen LogP contribution in [-0.2, 0) is 13.1 Å². The number of carbonyl (C=O) groups excluding carboxylic acids is 1. The number of amides is 1. The van der Waals surface area contributed by atoms with Gasteiger partial charge in [-0.15, -0.1) is 0 Å². The second-order valence-electron chi connectivity index (χ2n) is 7.21. The Hall–Kier alpha value is -3.86. The second-order valence-corrected chi connectivity index (χ2v) is 7.21. The van der Waals surface area contributed by atoms with Crippen LogP contribution in [0.2, 0.25) is 0 Å². The van der Waals surface area contributed by atoms with Crippen molar-refractivity contribution in [3.05, 3.63) is 112 Å². The SMILES string of the molecule is CCOc1ccc2cc(C(=O)N(Cc3ccccc3)Cc3ccccc3)c(=O)oc2c1. The number of carbonyl (C=O) groups is 1. The molecular weight excluding hydrogens is 390 g/mol. The van der Waals surface area contributed by atoms with Crippen molar-refractivity contribution in [2.75, 3.05) is 6.61 Å². The van der Waals surface area contributed by atoms with E-state index in [0.717, 1.165) is 11.1 Å². The first-order valence-corrected chi connectivity index (χ1v) is 10.2. The van der Waals surface area contributed by atoms with Gasteiger partial charge in [-0.1, -0.05) is 60.7 Å². The standard InChI is InChI=1S/C26H23NO4/c1-2-30-22-14-13-21-15-23(26(29)31-24(21)16-22)25(28)27(17-19-9-5-3-6-10-19)18-20-11-7-4-8-12-20/h3-16H,2,17-18H2,1H3. The van der Waals surface area contributed by atoms with Crippen LogP contribution >= 0.6 is 0 Å². The molecule has 0 saturated carbocycles. The van der Waals surface area contributed by atoms with Crippen molar-refractivity contribution in [2.45, 2.75) is 20.0 Å². The summed E-state index contributed by atoms with van der Waals surface area (Å²) >= 11 is 0. The summed E-state index contributed by atoms with van der Waals surface area (Å²) in [7, 11) is 0. The molecule has 0 N–H and O–H groups in total. The molecule has 0 atom stereocenters. The molecule has 0 radical (unpaired) electrons. The normalized spacial score (nSPS) is 10.7. The van der Waals surface area contributed by atoms with Crippen LogP contribution < -0.4 is 10.4 Å². The minimum absolute atomic E-state index is 0.0172. The smallest absolute Gasteiger partial charge is 0.349 e. The molecule has 0 fully saturated rings. The van der Waals surface area contributed by atoms with Gasteiger partial charge >= 0.3 is 5.63 Å². The minimum atomic E-state index is -0.655. The lowest BCUT2D eigenvalue weighted by atomic mass is 10.1. The van der Waals surface area contributed by atoms with Crippen molar-refractivity contribution in [3.8, 4) is 5.75 Å². The zero-order chi connectivity index (χ0) is 21.6. The third kappa shape index (κ3) is 4.83. The Balaban J connectivity index is 1.69. The van der Waals surface area contributed by atoms with Gasteiger partial charge in [-0.3, -0.25) is 4.79 Å². The van der Waals surface area contributed by atoms with Gasteiger partial charge in [0.05, 0.1) is 6.61 Å². The molecule has 0 unspecified atom stereocenters. The van der Waals surface area contributed by atoms with E-state index < -0.39 is 5.63 Å². The van der Waals surface area contributed by atoms with E-state index in [-0.39, 0.29) is 11.5 Å². The molecule has 156 valence electrons. The molecule has 1 aromatic heterocycles. The highest BCUT2D eigenvalue weighted by Gasteiger charge is 2.21. The summed E-state index contributed by atoms with van der Waals surface area (Å²) < 4.78 is 10.9. The molecule has 1 heterocycles. The van der Waals surface area contributed by atoms with Crippen LogP contribution in [0.5, 0.6) is 5.75 Å². The molecule has 4 rings (SSSR count). The number of hydrogen-bond donors (Lipinski definition) is 0. The Morgan fingerprint density at radius 1 is 0.871 bits per heavy atom. The zero-order valence-electron chi connectivity index (χ0n) is 17.3. The number of hydrogen-bond acceptors (Lipinski definition) is 4. The third-order valence-corrected chi connectivity index (χ3v) is 4.97. The Labute approximate surface area is 180 Å². The predicted octanol–water partition coefficient (Wildman–Crippen LogP) is 5.03. The lowest BCUT2D eigenvalue weighted by Gasteiger charge is -2.23. The van der Waals surface area contributed by atoms with E-state index in [4.69, 9.17) is 9.15 Å². The van der Waals surface area contributed by atoms with Gasteiger partial charge in [-0.05, 0) is 36.2 Å². The van der Waals surface area contributed by atoms with Crippen molar-refractivity contribution in [3.63, 3.8) is 0 Å². The quantitative estimate of drug-likeness (QED) is 0.399. The zero-order valence-corrected chi connectivity index (χ0v) is 17.3. The van der Waals surface area contributed by atoms with Crippen LogP contribution in [0.3, 0.4) is 0 Å². The van der Waals surface area contributed by atoms with Crippen molar-refractivity contribution in [2.24, 2.45) is 0 Å². The highest BCUT2D eigenvalue weighted by Crippen LogP contribution is 2.22. The van der Waals surface area contributed by atoms with E-state index in [2.05, 4.69) is 0 Å². The topological polar surface area (TPSA) is 59.8 Å². The summed E-state index contributed by atoms with van der Waals surface area (Å²) in [5.41, 5.74) is 1.72. The fourth-order valence-corrected chi connectivity index (χ4v) is 3.47. The molecule has 4 aromatic rings. The van der Waals surface area contributed by atoms with E-state index in [1.54, 1.807) is 29.2 Å². The predicted molar refractivity (Wildman–Crippen MR) is 120 cm³/mol. The van der Waals surface area contributed by atoms with Gasteiger partial charge < -0.3 is 14.1 Å². The van der Waals surface area contributed by atoms with Crippen molar-refractivity contribution in [1.29, 1.82) is 0 Å². The maximum atomic E-state index is 13.4. The van der Waals surface area contributed by atoms with Crippen LogP contribution in [-0.4, -0.2) is 17.4 Å².